The molecule has 2 fully saturated rings. The van der Waals surface area contributed by atoms with E-state index in [1.54, 1.807) is 12.1 Å². The van der Waals surface area contributed by atoms with Crippen molar-refractivity contribution in [3.8, 4) is 0 Å². The Bertz CT molecular complexity index is 908. The summed E-state index contributed by atoms with van der Waals surface area (Å²) in [5.41, 5.74) is 2.71. The van der Waals surface area contributed by atoms with Crippen LogP contribution in [0.5, 0.6) is 0 Å². The lowest BCUT2D eigenvalue weighted by atomic mass is 9.74. The molecule has 186 valence electrons. The third-order valence-corrected chi connectivity index (χ3v) is 9.02. The lowest BCUT2D eigenvalue weighted by Crippen LogP contribution is -2.18. The van der Waals surface area contributed by atoms with Gasteiger partial charge in [-0.2, -0.15) is 0 Å². The lowest BCUT2D eigenvalue weighted by molar-refractivity contribution is 0.224. The molecule has 3 heteroatoms. The van der Waals surface area contributed by atoms with Crippen LogP contribution in [0.3, 0.4) is 0 Å². The molecular weight excluding hydrogens is 446 g/mol. The molecule has 0 nitrogen and oxygen atoms in total. The van der Waals surface area contributed by atoms with Crippen LogP contribution in [0.4, 0.5) is 8.78 Å². The number of rotatable bonds is 9. The van der Waals surface area contributed by atoms with Gasteiger partial charge in [-0.15, -0.1) is 0 Å². The smallest absolute Gasteiger partial charge is 0.142 e. The van der Waals surface area contributed by atoms with E-state index in [2.05, 4.69) is 13.0 Å². The van der Waals surface area contributed by atoms with Crippen molar-refractivity contribution < 1.29 is 8.78 Å². The summed E-state index contributed by atoms with van der Waals surface area (Å²) in [7, 11) is 0. The van der Waals surface area contributed by atoms with Gasteiger partial charge in [-0.05, 0) is 97.1 Å². The molecule has 2 aromatic carbocycles. The monoisotopic (exact) mass is 486 g/mol. The largest absolute Gasteiger partial charge is 0.207 e. The molecule has 2 aromatic rings. The van der Waals surface area contributed by atoms with Gasteiger partial charge >= 0.3 is 0 Å². The number of hydrogen-bond acceptors (Lipinski definition) is 0. The number of benzene rings is 2. The Balaban J connectivity index is 1.20. The van der Waals surface area contributed by atoms with Gasteiger partial charge in [-0.25, -0.2) is 8.78 Å². The van der Waals surface area contributed by atoms with Crippen LogP contribution in [0.25, 0.3) is 0 Å². The summed E-state index contributed by atoms with van der Waals surface area (Å²) in [4.78, 5) is 0. The molecule has 4 rings (SSSR count). The zero-order chi connectivity index (χ0) is 23.9. The molecule has 0 bridgehead atoms. The minimum absolute atomic E-state index is 0.118. The highest BCUT2D eigenvalue weighted by Crippen LogP contribution is 2.40. The molecule has 0 atom stereocenters. The van der Waals surface area contributed by atoms with Gasteiger partial charge in [0.15, 0.2) is 0 Å². The second kappa shape index (κ2) is 12.5. The summed E-state index contributed by atoms with van der Waals surface area (Å²) in [6.07, 6.45) is 17.6. The van der Waals surface area contributed by atoms with Gasteiger partial charge in [0.2, 0.25) is 0 Å². The first-order valence-corrected chi connectivity index (χ1v) is 14.1. The van der Waals surface area contributed by atoms with E-state index < -0.39 is 5.82 Å². The van der Waals surface area contributed by atoms with Crippen LogP contribution in [0.15, 0.2) is 36.4 Å². The minimum atomic E-state index is -0.412. The van der Waals surface area contributed by atoms with Gasteiger partial charge in [0.1, 0.15) is 11.6 Å². The Morgan fingerprint density at radius 2 is 1.32 bits per heavy atom. The summed E-state index contributed by atoms with van der Waals surface area (Å²) in [5, 5.41) is 0.128. The first kappa shape index (κ1) is 25.7. The van der Waals surface area contributed by atoms with E-state index in [9.17, 15) is 8.78 Å². The van der Waals surface area contributed by atoms with Crippen LogP contribution in [-0.2, 0) is 12.8 Å². The van der Waals surface area contributed by atoms with E-state index in [1.807, 2.05) is 12.1 Å². The average molecular weight is 487 g/mol. The highest BCUT2D eigenvalue weighted by atomic mass is 35.5. The average Bonchev–Trinajstić information content (AvgIpc) is 2.85. The zero-order valence-corrected chi connectivity index (χ0v) is 21.6. The fourth-order valence-electron chi connectivity index (χ4n) is 6.47. The van der Waals surface area contributed by atoms with Crippen molar-refractivity contribution >= 4 is 11.6 Å². The van der Waals surface area contributed by atoms with E-state index in [1.165, 1.54) is 83.1 Å². The molecule has 0 amide bonds. The van der Waals surface area contributed by atoms with Crippen molar-refractivity contribution in [2.24, 2.45) is 17.8 Å². The molecule has 34 heavy (non-hydrogen) atoms. The second-order valence-electron chi connectivity index (χ2n) is 11.1. The van der Waals surface area contributed by atoms with Gasteiger partial charge in [-0.1, -0.05) is 88.1 Å². The summed E-state index contributed by atoms with van der Waals surface area (Å²) in [6, 6.07) is 10.7. The molecule has 0 aromatic heterocycles. The maximum atomic E-state index is 14.8. The summed E-state index contributed by atoms with van der Waals surface area (Å²) >= 11 is 5.76. The predicted octanol–water partition coefficient (Wildman–Crippen LogP) is 10.1. The normalized spacial score (nSPS) is 25.4. The van der Waals surface area contributed by atoms with Gasteiger partial charge in [0, 0.05) is 0 Å². The Labute approximate surface area is 210 Å². The molecule has 0 N–H and O–H groups in total. The minimum Gasteiger partial charge on any atom is -0.207 e. The predicted molar refractivity (Wildman–Crippen MR) is 140 cm³/mol. The highest BCUT2D eigenvalue weighted by molar-refractivity contribution is 6.30. The van der Waals surface area contributed by atoms with Gasteiger partial charge < -0.3 is 0 Å². The van der Waals surface area contributed by atoms with Crippen LogP contribution in [0.2, 0.25) is 5.02 Å². The van der Waals surface area contributed by atoms with Crippen molar-refractivity contribution in [2.45, 2.75) is 103 Å². The quantitative estimate of drug-likeness (QED) is 0.330. The highest BCUT2D eigenvalue weighted by Gasteiger charge is 2.25. The van der Waals surface area contributed by atoms with E-state index in [0.717, 1.165) is 28.9 Å². The maximum absolute atomic E-state index is 14.8. The molecule has 2 saturated carbocycles. The molecule has 2 aliphatic rings. The van der Waals surface area contributed by atoms with Gasteiger partial charge in [-0.3, -0.25) is 0 Å². The van der Waals surface area contributed by atoms with Crippen molar-refractivity contribution in [2.75, 3.05) is 0 Å². The Kier molecular flexibility index (Phi) is 9.46. The van der Waals surface area contributed by atoms with Crippen molar-refractivity contribution in [3.63, 3.8) is 0 Å². The standard InChI is InChI=1S/C31H41ClF2/c1-2-3-22-4-6-23(7-5-22)8-9-24-10-14-26(15-11-24)28-18-17-27(30(33)21-28)16-12-25-13-19-29(32)31(34)20-25/h13,17-24,26H,2-12,14-16H2,1H3/t22-,23-,24-,26-. The maximum Gasteiger partial charge on any atom is 0.142 e. The summed E-state index contributed by atoms with van der Waals surface area (Å²) in [6.45, 7) is 2.32. The van der Waals surface area contributed by atoms with Crippen molar-refractivity contribution in [1.82, 2.24) is 0 Å². The molecule has 0 spiro atoms. The second-order valence-corrected chi connectivity index (χ2v) is 11.5. The van der Waals surface area contributed by atoms with Gasteiger partial charge in [0.25, 0.3) is 0 Å². The topological polar surface area (TPSA) is 0 Å². The lowest BCUT2D eigenvalue weighted by Gasteiger charge is -2.32. The number of halogens is 3. The van der Waals surface area contributed by atoms with Crippen molar-refractivity contribution in [3.05, 3.63) is 69.7 Å². The van der Waals surface area contributed by atoms with Crippen LogP contribution in [0, 0.1) is 29.4 Å². The Morgan fingerprint density at radius 1 is 0.706 bits per heavy atom. The fourth-order valence-corrected chi connectivity index (χ4v) is 6.58. The number of aryl methyl sites for hydroxylation is 2. The third kappa shape index (κ3) is 7.06. The van der Waals surface area contributed by atoms with Gasteiger partial charge in [0.05, 0.1) is 5.02 Å². The first-order valence-electron chi connectivity index (χ1n) is 13.7. The SMILES string of the molecule is CCC[C@H]1CC[C@H](CC[C@H]2CC[C@H](c3ccc(CCc4ccc(Cl)c(F)c4)c(F)c3)CC2)CC1. The molecule has 0 aliphatic heterocycles. The first-order chi connectivity index (χ1) is 16.5. The molecule has 2 aliphatic carbocycles. The Hall–Kier alpha value is -1.41. The fraction of sp³-hybridized carbons (Fsp3) is 0.613. The summed E-state index contributed by atoms with van der Waals surface area (Å²) < 4.78 is 28.5. The molecule has 0 saturated heterocycles. The van der Waals surface area contributed by atoms with E-state index in [-0.39, 0.29) is 10.8 Å². The number of hydrogen-bond donors (Lipinski definition) is 0. The molecular formula is C31H41ClF2. The van der Waals surface area contributed by atoms with Crippen LogP contribution >= 0.6 is 11.6 Å². The van der Waals surface area contributed by atoms with E-state index in [4.69, 9.17) is 11.6 Å². The molecule has 0 unspecified atom stereocenters. The van der Waals surface area contributed by atoms with E-state index >= 15 is 0 Å². The molecule has 0 radical (unpaired) electrons. The van der Waals surface area contributed by atoms with Crippen LogP contribution in [0.1, 0.15) is 107 Å². The van der Waals surface area contributed by atoms with E-state index in [0.29, 0.717) is 24.3 Å². The van der Waals surface area contributed by atoms with Crippen molar-refractivity contribution in [1.29, 1.82) is 0 Å². The zero-order valence-electron chi connectivity index (χ0n) is 20.8. The Morgan fingerprint density at radius 3 is 1.91 bits per heavy atom. The summed E-state index contributed by atoms with van der Waals surface area (Å²) in [5.74, 6) is 2.81. The third-order valence-electron chi connectivity index (χ3n) is 8.71. The molecule has 0 heterocycles. The van der Waals surface area contributed by atoms with Crippen LogP contribution < -0.4 is 0 Å². The van der Waals surface area contributed by atoms with Crippen LogP contribution in [-0.4, -0.2) is 0 Å².